The molecule has 2 nitrogen and oxygen atoms in total. The Morgan fingerprint density at radius 1 is 1.33 bits per heavy atom. The number of hydrogen-bond acceptors (Lipinski definition) is 2. The van der Waals surface area contributed by atoms with Crippen molar-refractivity contribution in [2.24, 2.45) is 5.92 Å². The van der Waals surface area contributed by atoms with Gasteiger partial charge in [0.1, 0.15) is 11.5 Å². The van der Waals surface area contributed by atoms with Crippen LogP contribution in [0, 0.1) is 5.92 Å². The van der Waals surface area contributed by atoms with Crippen LogP contribution in [0.25, 0.3) is 0 Å². The van der Waals surface area contributed by atoms with Crippen LogP contribution in [0.5, 0.6) is 5.75 Å². The van der Waals surface area contributed by atoms with Crippen molar-refractivity contribution in [3.05, 3.63) is 29.8 Å². The molecule has 0 N–H and O–H groups in total. The maximum absolute atomic E-state index is 11.5. The van der Waals surface area contributed by atoms with Gasteiger partial charge in [0, 0.05) is 12.3 Å². The van der Waals surface area contributed by atoms with E-state index < -0.39 is 0 Å². The standard InChI is InChI=1S/C13H16O2/c1-15-12-7-5-10(6-8-12)9-11-3-2-4-13(11)14/h5-8,11H,2-4,9H2,1H3. The molecule has 1 atom stereocenters. The van der Waals surface area contributed by atoms with Gasteiger partial charge in [-0.15, -0.1) is 0 Å². The summed E-state index contributed by atoms with van der Waals surface area (Å²) in [6.07, 6.45) is 3.80. The molecular weight excluding hydrogens is 188 g/mol. The van der Waals surface area contributed by atoms with Gasteiger partial charge in [-0.1, -0.05) is 12.1 Å². The van der Waals surface area contributed by atoms with Crippen molar-refractivity contribution in [1.29, 1.82) is 0 Å². The largest absolute Gasteiger partial charge is 0.497 e. The Hall–Kier alpha value is -1.31. The second-order valence-electron chi connectivity index (χ2n) is 4.11. The third kappa shape index (κ3) is 2.38. The first-order chi connectivity index (χ1) is 7.29. The number of ketones is 1. The first-order valence-electron chi connectivity index (χ1n) is 5.45. The second kappa shape index (κ2) is 4.47. The molecule has 1 saturated carbocycles. The van der Waals surface area contributed by atoms with Gasteiger partial charge in [-0.3, -0.25) is 4.79 Å². The smallest absolute Gasteiger partial charge is 0.136 e. The summed E-state index contributed by atoms with van der Waals surface area (Å²) in [5, 5.41) is 0. The molecule has 1 aliphatic rings. The van der Waals surface area contributed by atoms with E-state index in [-0.39, 0.29) is 5.92 Å². The van der Waals surface area contributed by atoms with Crippen molar-refractivity contribution in [2.45, 2.75) is 25.7 Å². The van der Waals surface area contributed by atoms with Crippen molar-refractivity contribution < 1.29 is 9.53 Å². The summed E-state index contributed by atoms with van der Waals surface area (Å²) >= 11 is 0. The molecule has 0 heterocycles. The Labute approximate surface area is 90.3 Å². The first kappa shape index (κ1) is 10.2. The zero-order valence-electron chi connectivity index (χ0n) is 9.03. The van der Waals surface area contributed by atoms with Crippen LogP contribution >= 0.6 is 0 Å². The fourth-order valence-electron chi connectivity index (χ4n) is 2.15. The summed E-state index contributed by atoms with van der Waals surface area (Å²) in [6.45, 7) is 0. The summed E-state index contributed by atoms with van der Waals surface area (Å²) in [7, 11) is 1.66. The summed E-state index contributed by atoms with van der Waals surface area (Å²) in [5.74, 6) is 1.57. The molecule has 80 valence electrons. The molecule has 0 spiro atoms. The van der Waals surface area contributed by atoms with E-state index in [0.717, 1.165) is 31.4 Å². The van der Waals surface area contributed by atoms with Gasteiger partial charge < -0.3 is 4.74 Å². The molecule has 0 radical (unpaired) electrons. The van der Waals surface area contributed by atoms with Gasteiger partial charge >= 0.3 is 0 Å². The van der Waals surface area contributed by atoms with Crippen LogP contribution in [-0.4, -0.2) is 12.9 Å². The minimum Gasteiger partial charge on any atom is -0.497 e. The Morgan fingerprint density at radius 3 is 2.60 bits per heavy atom. The van der Waals surface area contributed by atoms with Crippen molar-refractivity contribution in [1.82, 2.24) is 0 Å². The summed E-state index contributed by atoms with van der Waals surface area (Å²) in [6, 6.07) is 8.00. The molecule has 0 saturated heterocycles. The highest BCUT2D eigenvalue weighted by Gasteiger charge is 2.24. The maximum atomic E-state index is 11.5. The fraction of sp³-hybridized carbons (Fsp3) is 0.462. The number of methoxy groups -OCH3 is 1. The van der Waals surface area contributed by atoms with Crippen molar-refractivity contribution in [3.63, 3.8) is 0 Å². The highest BCUT2D eigenvalue weighted by molar-refractivity contribution is 5.83. The van der Waals surface area contributed by atoms with Gasteiger partial charge in [-0.25, -0.2) is 0 Å². The molecule has 0 aromatic heterocycles. The van der Waals surface area contributed by atoms with Crippen LogP contribution in [0.1, 0.15) is 24.8 Å². The molecule has 1 unspecified atom stereocenters. The molecule has 1 fully saturated rings. The quantitative estimate of drug-likeness (QED) is 0.756. The number of benzene rings is 1. The summed E-state index contributed by atoms with van der Waals surface area (Å²) in [4.78, 5) is 11.5. The first-order valence-corrected chi connectivity index (χ1v) is 5.45. The van der Waals surface area contributed by atoms with Gasteiger partial charge in [0.25, 0.3) is 0 Å². The predicted octanol–water partition coefficient (Wildman–Crippen LogP) is 2.61. The Balaban J connectivity index is 2.01. The van der Waals surface area contributed by atoms with E-state index in [1.807, 2.05) is 24.3 Å². The fourth-order valence-corrected chi connectivity index (χ4v) is 2.15. The molecule has 2 rings (SSSR count). The zero-order chi connectivity index (χ0) is 10.7. The third-order valence-corrected chi connectivity index (χ3v) is 3.07. The molecule has 1 aromatic carbocycles. The third-order valence-electron chi connectivity index (χ3n) is 3.07. The average Bonchev–Trinajstić information content (AvgIpc) is 2.66. The number of hydrogen-bond donors (Lipinski definition) is 0. The molecular formula is C13H16O2. The Kier molecular flexibility index (Phi) is 3.05. The summed E-state index contributed by atoms with van der Waals surface area (Å²) < 4.78 is 5.09. The number of ether oxygens (including phenoxy) is 1. The molecule has 0 amide bonds. The topological polar surface area (TPSA) is 26.3 Å². The van der Waals surface area contributed by atoms with Gasteiger partial charge in [0.15, 0.2) is 0 Å². The Bertz CT molecular complexity index is 340. The number of Topliss-reactive ketones (excluding diaryl/α,β-unsaturated/α-hetero) is 1. The van der Waals surface area contributed by atoms with Crippen LogP contribution < -0.4 is 4.74 Å². The van der Waals surface area contributed by atoms with Crippen molar-refractivity contribution in [3.8, 4) is 5.75 Å². The summed E-state index contributed by atoms with van der Waals surface area (Å²) in [5.41, 5.74) is 1.23. The van der Waals surface area contributed by atoms with Gasteiger partial charge in [0.05, 0.1) is 7.11 Å². The van der Waals surface area contributed by atoms with E-state index >= 15 is 0 Å². The highest BCUT2D eigenvalue weighted by Crippen LogP contribution is 2.25. The van der Waals surface area contributed by atoms with E-state index in [0.29, 0.717) is 5.78 Å². The highest BCUT2D eigenvalue weighted by atomic mass is 16.5. The van der Waals surface area contributed by atoms with Crippen LogP contribution in [-0.2, 0) is 11.2 Å². The lowest BCUT2D eigenvalue weighted by atomic mass is 9.97. The van der Waals surface area contributed by atoms with Crippen LogP contribution in [0.3, 0.4) is 0 Å². The van der Waals surface area contributed by atoms with Crippen molar-refractivity contribution in [2.75, 3.05) is 7.11 Å². The molecule has 1 aliphatic carbocycles. The minimum absolute atomic E-state index is 0.262. The van der Waals surface area contributed by atoms with Crippen LogP contribution in [0.2, 0.25) is 0 Å². The second-order valence-corrected chi connectivity index (χ2v) is 4.11. The van der Waals surface area contributed by atoms with Gasteiger partial charge in [0.2, 0.25) is 0 Å². The van der Waals surface area contributed by atoms with E-state index in [4.69, 9.17) is 4.74 Å². The molecule has 0 aliphatic heterocycles. The van der Waals surface area contributed by atoms with Gasteiger partial charge in [-0.05, 0) is 37.0 Å². The van der Waals surface area contributed by atoms with Gasteiger partial charge in [-0.2, -0.15) is 0 Å². The number of carbonyl (C=O) groups is 1. The lowest BCUT2D eigenvalue weighted by Crippen LogP contribution is -2.09. The lowest BCUT2D eigenvalue weighted by molar-refractivity contribution is -0.120. The van der Waals surface area contributed by atoms with Crippen molar-refractivity contribution >= 4 is 5.78 Å². The van der Waals surface area contributed by atoms with Crippen LogP contribution in [0.15, 0.2) is 24.3 Å². The normalized spacial score (nSPS) is 20.6. The molecule has 15 heavy (non-hydrogen) atoms. The Morgan fingerprint density at radius 2 is 2.07 bits per heavy atom. The minimum atomic E-state index is 0.262. The monoisotopic (exact) mass is 204 g/mol. The average molecular weight is 204 g/mol. The van der Waals surface area contributed by atoms with E-state index in [1.165, 1.54) is 5.56 Å². The number of rotatable bonds is 3. The van der Waals surface area contributed by atoms with E-state index in [2.05, 4.69) is 0 Å². The molecule has 2 heteroatoms. The lowest BCUT2D eigenvalue weighted by Gasteiger charge is -2.08. The zero-order valence-corrected chi connectivity index (χ0v) is 9.03. The van der Waals surface area contributed by atoms with E-state index in [9.17, 15) is 4.79 Å². The predicted molar refractivity (Wildman–Crippen MR) is 59.0 cm³/mol. The van der Waals surface area contributed by atoms with Crippen LogP contribution in [0.4, 0.5) is 0 Å². The molecule has 1 aromatic rings. The number of carbonyl (C=O) groups excluding carboxylic acids is 1. The SMILES string of the molecule is COc1ccc(CC2CCCC2=O)cc1. The van der Waals surface area contributed by atoms with E-state index in [1.54, 1.807) is 7.11 Å². The molecule has 0 bridgehead atoms. The maximum Gasteiger partial charge on any atom is 0.136 e.